The third kappa shape index (κ3) is 7.17. The summed E-state index contributed by atoms with van der Waals surface area (Å²) in [6.07, 6.45) is 9.84. The Kier molecular flexibility index (Phi) is 10.3. The van der Waals surface area contributed by atoms with E-state index in [1.54, 1.807) is 0 Å². The summed E-state index contributed by atoms with van der Waals surface area (Å²) in [5.41, 5.74) is 5.95. The number of rotatable bonds is 7. The molecule has 3 unspecified atom stereocenters. The quantitative estimate of drug-likeness (QED) is 0.755. The molecule has 114 valence electrons. The van der Waals surface area contributed by atoms with E-state index in [4.69, 9.17) is 5.73 Å². The van der Waals surface area contributed by atoms with Crippen LogP contribution in [0.25, 0.3) is 0 Å². The lowest BCUT2D eigenvalue weighted by Crippen LogP contribution is -2.42. The van der Waals surface area contributed by atoms with Crippen LogP contribution < -0.4 is 11.1 Å². The van der Waals surface area contributed by atoms with Crippen molar-refractivity contribution in [3.63, 3.8) is 0 Å². The number of carbonyl (C=O) groups is 1. The van der Waals surface area contributed by atoms with Crippen LogP contribution in [0.4, 0.5) is 0 Å². The molecule has 1 saturated carbocycles. The van der Waals surface area contributed by atoms with Gasteiger partial charge in [-0.3, -0.25) is 4.79 Å². The molecule has 0 heterocycles. The van der Waals surface area contributed by atoms with Crippen LogP contribution in [0.3, 0.4) is 0 Å². The lowest BCUT2D eigenvalue weighted by atomic mass is 9.85. The Morgan fingerprint density at radius 2 is 2.00 bits per heavy atom. The number of halogens is 1. The molecular weight excluding hydrogens is 260 g/mol. The number of nitrogens with two attached hydrogens (primary N) is 1. The van der Waals surface area contributed by atoms with Crippen molar-refractivity contribution in [1.82, 2.24) is 5.32 Å². The van der Waals surface area contributed by atoms with Gasteiger partial charge in [-0.05, 0) is 32.1 Å². The van der Waals surface area contributed by atoms with Gasteiger partial charge < -0.3 is 11.1 Å². The molecule has 0 spiro atoms. The maximum atomic E-state index is 12.2. The minimum atomic E-state index is 0. The maximum absolute atomic E-state index is 12.2. The molecule has 0 aromatic carbocycles. The average Bonchev–Trinajstić information content (AvgIpc) is 2.36. The van der Waals surface area contributed by atoms with E-state index in [1.165, 1.54) is 12.8 Å². The fourth-order valence-electron chi connectivity index (χ4n) is 2.87. The van der Waals surface area contributed by atoms with Gasteiger partial charge in [-0.15, -0.1) is 12.4 Å². The first-order valence-electron chi connectivity index (χ1n) is 7.73. The monoisotopic (exact) mass is 290 g/mol. The molecule has 3 N–H and O–H groups in total. The van der Waals surface area contributed by atoms with Crippen molar-refractivity contribution in [2.24, 2.45) is 11.7 Å². The fraction of sp³-hybridized carbons (Fsp3) is 0.933. The predicted octanol–water partition coefficient (Wildman–Crippen LogP) is 3.40. The number of unbranched alkanes of at least 4 members (excludes halogenated alkanes) is 1. The Balaban J connectivity index is 0.00000324. The standard InChI is InChI=1S/C15H30N2O.ClH/c1-3-5-10-14(7-4-2)17-15(18)12-8-6-9-13(16)11-12;/h12-14H,3-11,16H2,1-2H3,(H,17,18);1H. The van der Waals surface area contributed by atoms with Gasteiger partial charge in [0.15, 0.2) is 0 Å². The average molecular weight is 291 g/mol. The number of nitrogens with one attached hydrogen (secondary N) is 1. The molecule has 0 radical (unpaired) electrons. The van der Waals surface area contributed by atoms with Crippen molar-refractivity contribution in [2.45, 2.75) is 83.7 Å². The highest BCUT2D eigenvalue weighted by molar-refractivity contribution is 5.85. The topological polar surface area (TPSA) is 55.1 Å². The summed E-state index contributed by atoms with van der Waals surface area (Å²) in [5, 5.41) is 3.25. The Labute approximate surface area is 124 Å². The number of hydrogen-bond donors (Lipinski definition) is 2. The van der Waals surface area contributed by atoms with Gasteiger partial charge in [0.1, 0.15) is 0 Å². The third-order valence-electron chi connectivity index (χ3n) is 3.98. The third-order valence-corrected chi connectivity index (χ3v) is 3.98. The molecule has 0 bridgehead atoms. The van der Waals surface area contributed by atoms with Crippen molar-refractivity contribution in [3.8, 4) is 0 Å². The zero-order chi connectivity index (χ0) is 13.4. The van der Waals surface area contributed by atoms with Gasteiger partial charge in [0.25, 0.3) is 0 Å². The largest absolute Gasteiger partial charge is 0.353 e. The highest BCUT2D eigenvalue weighted by Crippen LogP contribution is 2.23. The Morgan fingerprint density at radius 3 is 2.58 bits per heavy atom. The molecule has 1 aliphatic carbocycles. The van der Waals surface area contributed by atoms with Gasteiger partial charge in [-0.25, -0.2) is 0 Å². The summed E-state index contributed by atoms with van der Waals surface area (Å²) in [7, 11) is 0. The second kappa shape index (κ2) is 10.5. The molecule has 19 heavy (non-hydrogen) atoms. The smallest absolute Gasteiger partial charge is 0.223 e. The minimum absolute atomic E-state index is 0. The Morgan fingerprint density at radius 1 is 1.26 bits per heavy atom. The molecule has 1 fully saturated rings. The maximum Gasteiger partial charge on any atom is 0.223 e. The first-order chi connectivity index (χ1) is 8.67. The highest BCUT2D eigenvalue weighted by atomic mass is 35.5. The van der Waals surface area contributed by atoms with Gasteiger partial charge in [-0.1, -0.05) is 39.5 Å². The van der Waals surface area contributed by atoms with Crippen LogP contribution in [0.5, 0.6) is 0 Å². The summed E-state index contributed by atoms with van der Waals surface area (Å²) in [5.74, 6) is 0.412. The zero-order valence-corrected chi connectivity index (χ0v) is 13.3. The molecule has 0 aromatic heterocycles. The molecule has 3 atom stereocenters. The molecule has 0 aliphatic heterocycles. The summed E-state index contributed by atoms with van der Waals surface area (Å²) in [4.78, 5) is 12.2. The molecule has 1 amide bonds. The van der Waals surface area contributed by atoms with E-state index in [9.17, 15) is 4.79 Å². The summed E-state index contributed by atoms with van der Waals surface area (Å²) < 4.78 is 0. The summed E-state index contributed by atoms with van der Waals surface area (Å²) in [6, 6.07) is 0.607. The lowest BCUT2D eigenvalue weighted by molar-refractivity contribution is -0.126. The number of amides is 1. The zero-order valence-electron chi connectivity index (χ0n) is 12.5. The van der Waals surface area contributed by atoms with Crippen molar-refractivity contribution in [1.29, 1.82) is 0 Å². The van der Waals surface area contributed by atoms with Crippen LogP contribution >= 0.6 is 12.4 Å². The van der Waals surface area contributed by atoms with E-state index in [2.05, 4.69) is 19.2 Å². The molecular formula is C15H31ClN2O. The van der Waals surface area contributed by atoms with Gasteiger partial charge in [-0.2, -0.15) is 0 Å². The fourth-order valence-corrected chi connectivity index (χ4v) is 2.87. The van der Waals surface area contributed by atoms with Crippen molar-refractivity contribution < 1.29 is 4.79 Å². The van der Waals surface area contributed by atoms with Crippen molar-refractivity contribution in [3.05, 3.63) is 0 Å². The van der Waals surface area contributed by atoms with E-state index in [1.807, 2.05) is 0 Å². The molecule has 4 heteroatoms. The van der Waals surface area contributed by atoms with Crippen LogP contribution in [-0.4, -0.2) is 18.0 Å². The second-order valence-electron chi connectivity index (χ2n) is 5.76. The molecule has 1 rings (SSSR count). The van der Waals surface area contributed by atoms with Crippen LogP contribution in [0.2, 0.25) is 0 Å². The van der Waals surface area contributed by atoms with Gasteiger partial charge >= 0.3 is 0 Å². The van der Waals surface area contributed by atoms with E-state index in [-0.39, 0.29) is 30.3 Å². The Bertz CT molecular complexity index is 248. The number of hydrogen-bond acceptors (Lipinski definition) is 2. The summed E-state index contributed by atoms with van der Waals surface area (Å²) >= 11 is 0. The van der Waals surface area contributed by atoms with Crippen LogP contribution in [0, 0.1) is 5.92 Å². The van der Waals surface area contributed by atoms with E-state index in [0.29, 0.717) is 6.04 Å². The van der Waals surface area contributed by atoms with E-state index < -0.39 is 0 Å². The van der Waals surface area contributed by atoms with Crippen molar-refractivity contribution >= 4 is 18.3 Å². The normalized spacial score (nSPS) is 24.4. The molecule has 1 aliphatic rings. The first kappa shape index (κ1) is 18.7. The Hall–Kier alpha value is -0.280. The molecule has 3 nitrogen and oxygen atoms in total. The van der Waals surface area contributed by atoms with Crippen LogP contribution in [0.15, 0.2) is 0 Å². The van der Waals surface area contributed by atoms with Crippen molar-refractivity contribution in [2.75, 3.05) is 0 Å². The van der Waals surface area contributed by atoms with E-state index >= 15 is 0 Å². The van der Waals surface area contributed by atoms with Gasteiger partial charge in [0.05, 0.1) is 0 Å². The second-order valence-corrected chi connectivity index (χ2v) is 5.76. The molecule has 0 saturated heterocycles. The minimum Gasteiger partial charge on any atom is -0.353 e. The predicted molar refractivity (Wildman–Crippen MR) is 83.5 cm³/mol. The lowest BCUT2D eigenvalue weighted by Gasteiger charge is -2.28. The first-order valence-corrected chi connectivity index (χ1v) is 7.73. The van der Waals surface area contributed by atoms with Gasteiger partial charge in [0, 0.05) is 18.0 Å². The SMILES string of the molecule is CCCCC(CCC)NC(=O)C1CCCC(N)C1.Cl. The summed E-state index contributed by atoms with van der Waals surface area (Å²) in [6.45, 7) is 4.38. The van der Waals surface area contributed by atoms with Crippen LogP contribution in [-0.2, 0) is 4.79 Å². The van der Waals surface area contributed by atoms with E-state index in [0.717, 1.165) is 44.9 Å². The van der Waals surface area contributed by atoms with Crippen LogP contribution in [0.1, 0.15) is 71.6 Å². The van der Waals surface area contributed by atoms with Gasteiger partial charge in [0.2, 0.25) is 5.91 Å². The molecule has 0 aromatic rings. The highest BCUT2D eigenvalue weighted by Gasteiger charge is 2.26. The number of carbonyl (C=O) groups excluding carboxylic acids is 1.